The summed E-state index contributed by atoms with van der Waals surface area (Å²) >= 11 is 0. The molecule has 7 heteroatoms. The Morgan fingerprint density at radius 1 is 1.17 bits per heavy atom. The Morgan fingerprint density at radius 3 is 2.79 bits per heavy atom. The number of nitrogen functional groups attached to an aromatic ring is 1. The van der Waals surface area contributed by atoms with Crippen LogP contribution in [0.5, 0.6) is 0 Å². The van der Waals surface area contributed by atoms with Crippen LogP contribution in [0.25, 0.3) is 10.9 Å². The number of amides is 1. The Kier molecular flexibility index (Phi) is 5.31. The monoisotopic (exact) mass is 389 g/mol. The van der Waals surface area contributed by atoms with E-state index in [1.165, 1.54) is 6.26 Å². The molecule has 2 heterocycles. The normalized spacial score (nSPS) is 12.2. The van der Waals surface area contributed by atoms with E-state index in [9.17, 15) is 4.79 Å². The Labute approximate surface area is 168 Å². The minimum Gasteiger partial charge on any atom is -0.446 e. The molecule has 0 aliphatic heterocycles. The van der Waals surface area contributed by atoms with Crippen LogP contribution in [-0.4, -0.2) is 22.4 Å². The maximum absolute atomic E-state index is 12.3. The number of rotatable bonds is 7. The van der Waals surface area contributed by atoms with Crippen molar-refractivity contribution in [1.82, 2.24) is 15.3 Å². The SMILES string of the molecule is Nc1ccc(CCNC(=O)c2coc(C(N)Cc3c[nH]c4ccccc34)n2)cc1. The lowest BCUT2D eigenvalue weighted by molar-refractivity contribution is 0.0949. The Balaban J connectivity index is 1.34. The van der Waals surface area contributed by atoms with E-state index in [2.05, 4.69) is 15.3 Å². The van der Waals surface area contributed by atoms with Crippen LogP contribution in [0.3, 0.4) is 0 Å². The van der Waals surface area contributed by atoms with E-state index >= 15 is 0 Å². The first-order chi connectivity index (χ1) is 14.1. The quantitative estimate of drug-likeness (QED) is 0.362. The number of nitrogens with zero attached hydrogens (tertiary/aromatic N) is 1. The highest BCUT2D eigenvalue weighted by molar-refractivity contribution is 5.91. The fraction of sp³-hybridized carbons (Fsp3) is 0.182. The van der Waals surface area contributed by atoms with Crippen molar-refractivity contribution < 1.29 is 9.21 Å². The van der Waals surface area contributed by atoms with Crippen LogP contribution >= 0.6 is 0 Å². The first-order valence-corrected chi connectivity index (χ1v) is 9.49. The zero-order valence-electron chi connectivity index (χ0n) is 15.9. The molecule has 29 heavy (non-hydrogen) atoms. The number of para-hydroxylation sites is 1. The maximum Gasteiger partial charge on any atom is 0.273 e. The van der Waals surface area contributed by atoms with Gasteiger partial charge in [0.1, 0.15) is 6.26 Å². The van der Waals surface area contributed by atoms with Crippen molar-refractivity contribution in [2.75, 3.05) is 12.3 Å². The van der Waals surface area contributed by atoms with Crippen molar-refractivity contribution in [2.45, 2.75) is 18.9 Å². The molecule has 4 rings (SSSR count). The summed E-state index contributed by atoms with van der Waals surface area (Å²) in [6.45, 7) is 0.492. The van der Waals surface area contributed by atoms with Gasteiger partial charge < -0.3 is 26.2 Å². The highest BCUT2D eigenvalue weighted by Crippen LogP contribution is 2.23. The standard InChI is InChI=1S/C22H23N5O2/c23-16-7-5-14(6-8-16)9-10-25-21(28)20-13-29-22(27-20)18(24)11-15-12-26-19-4-2-1-3-17(15)19/h1-8,12-13,18,26H,9-11,23-24H2,(H,25,28). The lowest BCUT2D eigenvalue weighted by Gasteiger charge is -2.06. The van der Waals surface area contributed by atoms with Gasteiger partial charge in [-0.2, -0.15) is 0 Å². The third kappa shape index (κ3) is 4.30. The van der Waals surface area contributed by atoms with Gasteiger partial charge in [-0.15, -0.1) is 0 Å². The molecule has 0 spiro atoms. The number of hydrogen-bond acceptors (Lipinski definition) is 5. The van der Waals surface area contributed by atoms with E-state index in [1.807, 2.05) is 54.7 Å². The highest BCUT2D eigenvalue weighted by Gasteiger charge is 2.18. The minimum atomic E-state index is -0.439. The van der Waals surface area contributed by atoms with Gasteiger partial charge in [0.25, 0.3) is 5.91 Å². The summed E-state index contributed by atoms with van der Waals surface area (Å²) in [5, 5.41) is 3.97. The van der Waals surface area contributed by atoms with Gasteiger partial charge in [0.15, 0.2) is 5.69 Å². The summed E-state index contributed by atoms with van der Waals surface area (Å²) in [6.07, 6.45) is 4.56. The maximum atomic E-state index is 12.3. The van der Waals surface area contributed by atoms with E-state index in [0.717, 1.165) is 27.7 Å². The molecule has 2 aromatic heterocycles. The molecule has 4 aromatic rings. The average Bonchev–Trinajstić information content (AvgIpc) is 3.37. The van der Waals surface area contributed by atoms with Crippen LogP contribution in [0, 0.1) is 0 Å². The number of nitrogens with one attached hydrogen (secondary N) is 2. The van der Waals surface area contributed by atoms with E-state index in [4.69, 9.17) is 15.9 Å². The molecule has 1 atom stereocenters. The van der Waals surface area contributed by atoms with Crippen LogP contribution < -0.4 is 16.8 Å². The average molecular weight is 389 g/mol. The van der Waals surface area contributed by atoms with Crippen LogP contribution in [-0.2, 0) is 12.8 Å². The van der Waals surface area contributed by atoms with Crippen molar-refractivity contribution in [3.05, 3.63) is 83.7 Å². The van der Waals surface area contributed by atoms with Crippen molar-refractivity contribution >= 4 is 22.5 Å². The molecule has 148 valence electrons. The third-order valence-electron chi connectivity index (χ3n) is 4.87. The molecule has 7 nitrogen and oxygen atoms in total. The second-order valence-corrected chi connectivity index (χ2v) is 6.99. The Bertz CT molecular complexity index is 1110. The van der Waals surface area contributed by atoms with Crippen molar-refractivity contribution in [2.24, 2.45) is 5.73 Å². The van der Waals surface area contributed by atoms with Gasteiger partial charge in [-0.1, -0.05) is 30.3 Å². The van der Waals surface area contributed by atoms with Crippen LogP contribution in [0.15, 0.2) is 65.4 Å². The summed E-state index contributed by atoms with van der Waals surface area (Å²) < 4.78 is 5.47. The van der Waals surface area contributed by atoms with Gasteiger partial charge in [-0.05, 0) is 42.2 Å². The third-order valence-corrected chi connectivity index (χ3v) is 4.87. The summed E-state index contributed by atoms with van der Waals surface area (Å²) in [5.41, 5.74) is 16.1. The molecule has 0 aliphatic rings. The molecule has 0 radical (unpaired) electrons. The Morgan fingerprint density at radius 2 is 1.97 bits per heavy atom. The number of nitrogens with two attached hydrogens (primary N) is 2. The van der Waals surface area contributed by atoms with E-state index in [-0.39, 0.29) is 11.6 Å². The number of carbonyl (C=O) groups is 1. The van der Waals surface area contributed by atoms with Gasteiger partial charge in [0, 0.05) is 29.3 Å². The van der Waals surface area contributed by atoms with E-state index in [0.29, 0.717) is 25.3 Å². The fourth-order valence-electron chi connectivity index (χ4n) is 3.28. The van der Waals surface area contributed by atoms with Gasteiger partial charge >= 0.3 is 0 Å². The van der Waals surface area contributed by atoms with Gasteiger partial charge in [-0.25, -0.2) is 4.98 Å². The molecule has 0 saturated heterocycles. The summed E-state index contributed by atoms with van der Waals surface area (Å²) in [7, 11) is 0. The van der Waals surface area contributed by atoms with Crippen molar-refractivity contribution in [1.29, 1.82) is 0 Å². The summed E-state index contributed by atoms with van der Waals surface area (Å²) in [4.78, 5) is 19.8. The summed E-state index contributed by atoms with van der Waals surface area (Å²) in [5.74, 6) is 0.0636. The lowest BCUT2D eigenvalue weighted by Crippen LogP contribution is -2.26. The molecule has 0 bridgehead atoms. The van der Waals surface area contributed by atoms with E-state index < -0.39 is 6.04 Å². The number of fused-ring (bicyclic) bond motifs is 1. The number of carbonyl (C=O) groups excluding carboxylic acids is 1. The second-order valence-electron chi connectivity index (χ2n) is 6.99. The molecule has 2 aromatic carbocycles. The van der Waals surface area contributed by atoms with Crippen LogP contribution in [0.4, 0.5) is 5.69 Å². The fourth-order valence-corrected chi connectivity index (χ4v) is 3.28. The Hall–Kier alpha value is -3.58. The first kappa shape index (κ1) is 18.8. The minimum absolute atomic E-state index is 0.228. The number of H-pyrrole nitrogens is 1. The number of anilines is 1. The lowest BCUT2D eigenvalue weighted by atomic mass is 10.1. The molecule has 6 N–H and O–H groups in total. The van der Waals surface area contributed by atoms with Gasteiger partial charge in [0.05, 0.1) is 6.04 Å². The number of aromatic amines is 1. The van der Waals surface area contributed by atoms with Gasteiger partial charge in [-0.3, -0.25) is 4.79 Å². The van der Waals surface area contributed by atoms with Crippen LogP contribution in [0.2, 0.25) is 0 Å². The largest absolute Gasteiger partial charge is 0.446 e. The van der Waals surface area contributed by atoms with E-state index in [1.54, 1.807) is 0 Å². The molecule has 1 unspecified atom stereocenters. The smallest absolute Gasteiger partial charge is 0.273 e. The summed E-state index contributed by atoms with van der Waals surface area (Å²) in [6, 6.07) is 15.2. The van der Waals surface area contributed by atoms with Gasteiger partial charge in [0.2, 0.25) is 5.89 Å². The topological polar surface area (TPSA) is 123 Å². The first-order valence-electron chi connectivity index (χ1n) is 9.49. The molecule has 0 fully saturated rings. The molecular formula is C22H23N5O2. The number of aromatic nitrogens is 2. The molecule has 0 aliphatic carbocycles. The molecular weight excluding hydrogens is 366 g/mol. The molecule has 1 amide bonds. The highest BCUT2D eigenvalue weighted by atomic mass is 16.3. The number of benzene rings is 2. The number of hydrogen-bond donors (Lipinski definition) is 4. The molecule has 0 saturated carbocycles. The van der Waals surface area contributed by atoms with Crippen LogP contribution in [0.1, 0.15) is 33.5 Å². The second kappa shape index (κ2) is 8.20. The number of oxazole rings is 1. The predicted molar refractivity (Wildman–Crippen MR) is 112 cm³/mol. The van der Waals surface area contributed by atoms with Crippen molar-refractivity contribution in [3.63, 3.8) is 0 Å². The predicted octanol–water partition coefficient (Wildman–Crippen LogP) is 2.95. The van der Waals surface area contributed by atoms with Crippen molar-refractivity contribution in [3.8, 4) is 0 Å². The zero-order chi connectivity index (χ0) is 20.2. The zero-order valence-corrected chi connectivity index (χ0v) is 15.9.